The molecule has 4 heteroatoms. The highest BCUT2D eigenvalue weighted by Gasteiger charge is 2.04. The van der Waals surface area contributed by atoms with Gasteiger partial charge in [-0.3, -0.25) is 0 Å². The fourth-order valence-corrected chi connectivity index (χ4v) is 1.83. The van der Waals surface area contributed by atoms with Gasteiger partial charge in [0.05, 0.1) is 0 Å². The lowest BCUT2D eigenvalue weighted by Crippen LogP contribution is -2.17. The van der Waals surface area contributed by atoms with Crippen molar-refractivity contribution in [3.05, 3.63) is 11.1 Å². The monoisotopic (exact) mass is 199 g/mol. The Morgan fingerprint density at radius 1 is 1.62 bits per heavy atom. The minimum atomic E-state index is 0.597. The van der Waals surface area contributed by atoms with Crippen LogP contribution in [0.15, 0.2) is 6.20 Å². The number of anilines is 1. The van der Waals surface area contributed by atoms with Crippen molar-refractivity contribution in [1.29, 1.82) is 0 Å². The van der Waals surface area contributed by atoms with Crippen LogP contribution in [0.1, 0.15) is 24.6 Å². The van der Waals surface area contributed by atoms with E-state index in [1.54, 1.807) is 11.3 Å². The molecule has 3 nitrogen and oxygen atoms in total. The van der Waals surface area contributed by atoms with Crippen LogP contribution in [0.5, 0.6) is 0 Å². The molecule has 1 aromatic rings. The Bertz CT molecular complexity index is 247. The van der Waals surface area contributed by atoms with E-state index < -0.39 is 0 Å². The highest BCUT2D eigenvalue weighted by molar-refractivity contribution is 7.15. The van der Waals surface area contributed by atoms with Crippen LogP contribution < -0.4 is 10.6 Å². The second kappa shape index (κ2) is 5.19. The first kappa shape index (κ1) is 10.5. The predicted molar refractivity (Wildman–Crippen MR) is 58.2 cm³/mol. The molecule has 0 radical (unpaired) electrons. The zero-order chi connectivity index (χ0) is 9.68. The Balaban J connectivity index is 2.50. The molecule has 74 valence electrons. The van der Waals surface area contributed by atoms with E-state index in [9.17, 15) is 0 Å². The summed E-state index contributed by atoms with van der Waals surface area (Å²) in [5, 5.41) is 1.08. The third-order valence-corrected chi connectivity index (χ3v) is 3.05. The molecule has 0 aliphatic carbocycles. The molecule has 0 unspecified atom stereocenters. The van der Waals surface area contributed by atoms with Gasteiger partial charge in [0, 0.05) is 31.2 Å². The zero-order valence-corrected chi connectivity index (χ0v) is 9.10. The largest absolute Gasteiger partial charge is 0.351 e. The molecule has 0 fully saturated rings. The van der Waals surface area contributed by atoms with Gasteiger partial charge in [-0.25, -0.2) is 4.98 Å². The molecule has 0 saturated carbocycles. The van der Waals surface area contributed by atoms with Gasteiger partial charge >= 0.3 is 0 Å². The number of nitrogens with zero attached hydrogens (tertiary/aromatic N) is 2. The molecule has 0 aliphatic heterocycles. The maximum absolute atomic E-state index is 5.52. The highest BCUT2D eigenvalue weighted by atomic mass is 32.1. The Labute approximate surface area is 83.6 Å². The molecule has 1 aromatic heterocycles. The van der Waals surface area contributed by atoms with Crippen LogP contribution >= 0.6 is 11.3 Å². The fraction of sp³-hybridized carbons (Fsp3) is 0.667. The van der Waals surface area contributed by atoms with Crippen molar-refractivity contribution in [2.45, 2.75) is 26.3 Å². The van der Waals surface area contributed by atoms with Gasteiger partial charge in [0.2, 0.25) is 0 Å². The van der Waals surface area contributed by atoms with Crippen molar-refractivity contribution in [3.63, 3.8) is 0 Å². The van der Waals surface area contributed by atoms with E-state index in [1.807, 2.05) is 6.20 Å². The summed E-state index contributed by atoms with van der Waals surface area (Å²) in [5.41, 5.74) is 5.52. The highest BCUT2D eigenvalue weighted by Crippen LogP contribution is 2.20. The molecule has 13 heavy (non-hydrogen) atoms. The quantitative estimate of drug-likeness (QED) is 0.786. The van der Waals surface area contributed by atoms with Crippen LogP contribution in [0.25, 0.3) is 0 Å². The third kappa shape index (κ3) is 2.97. The van der Waals surface area contributed by atoms with Gasteiger partial charge in [-0.05, 0) is 6.42 Å². The lowest BCUT2D eigenvalue weighted by atomic mass is 10.3. The van der Waals surface area contributed by atoms with Crippen molar-refractivity contribution in [1.82, 2.24) is 4.98 Å². The van der Waals surface area contributed by atoms with Crippen LogP contribution in [-0.4, -0.2) is 18.6 Å². The molecule has 0 saturated heterocycles. The van der Waals surface area contributed by atoms with Crippen LogP contribution in [0, 0.1) is 0 Å². The fourth-order valence-electron chi connectivity index (χ4n) is 1.06. The van der Waals surface area contributed by atoms with E-state index in [0.29, 0.717) is 6.54 Å². The van der Waals surface area contributed by atoms with Crippen molar-refractivity contribution < 1.29 is 0 Å². The second-order valence-electron chi connectivity index (χ2n) is 3.09. The number of hydrogen-bond acceptors (Lipinski definition) is 4. The lowest BCUT2D eigenvalue weighted by molar-refractivity contribution is 0.765. The predicted octanol–water partition coefficient (Wildman–Crippen LogP) is 1.84. The number of thiazole rings is 1. The van der Waals surface area contributed by atoms with E-state index in [0.717, 1.165) is 16.6 Å². The number of aromatic nitrogens is 1. The average molecular weight is 199 g/mol. The van der Waals surface area contributed by atoms with Crippen LogP contribution in [0.2, 0.25) is 0 Å². The number of unbranched alkanes of at least 4 members (excludes halogenated alkanes) is 1. The van der Waals surface area contributed by atoms with E-state index in [2.05, 4.69) is 23.9 Å². The number of hydrogen-bond donors (Lipinski definition) is 1. The first-order chi connectivity index (χ1) is 6.27. The maximum atomic E-state index is 5.52. The Kier molecular flexibility index (Phi) is 4.18. The smallest absolute Gasteiger partial charge is 0.185 e. The topological polar surface area (TPSA) is 42.2 Å². The van der Waals surface area contributed by atoms with Gasteiger partial charge in [0.1, 0.15) is 0 Å². The standard InChI is InChI=1S/C9H17N3S/c1-3-4-5-12(2)9-11-7-8(6-10)13-9/h7H,3-6,10H2,1-2H3. The van der Waals surface area contributed by atoms with Crippen LogP contribution in [-0.2, 0) is 6.54 Å². The molecule has 0 bridgehead atoms. The molecule has 0 atom stereocenters. The maximum Gasteiger partial charge on any atom is 0.185 e. The summed E-state index contributed by atoms with van der Waals surface area (Å²) in [6.45, 7) is 3.87. The second-order valence-corrected chi connectivity index (χ2v) is 4.18. The summed E-state index contributed by atoms with van der Waals surface area (Å²) < 4.78 is 0. The summed E-state index contributed by atoms with van der Waals surface area (Å²) >= 11 is 1.68. The van der Waals surface area contributed by atoms with Gasteiger partial charge in [-0.2, -0.15) is 0 Å². The van der Waals surface area contributed by atoms with E-state index >= 15 is 0 Å². The van der Waals surface area contributed by atoms with Gasteiger partial charge in [0.15, 0.2) is 5.13 Å². The van der Waals surface area contributed by atoms with Gasteiger partial charge in [-0.1, -0.05) is 13.3 Å². The summed E-state index contributed by atoms with van der Waals surface area (Å²) in [4.78, 5) is 7.64. The molecule has 0 amide bonds. The number of nitrogens with two attached hydrogens (primary N) is 1. The third-order valence-electron chi connectivity index (χ3n) is 1.92. The SMILES string of the molecule is CCCCN(C)c1ncc(CN)s1. The Morgan fingerprint density at radius 2 is 2.38 bits per heavy atom. The van der Waals surface area contributed by atoms with Crippen molar-refractivity contribution in [3.8, 4) is 0 Å². The van der Waals surface area contributed by atoms with Gasteiger partial charge in [0.25, 0.3) is 0 Å². The Morgan fingerprint density at radius 3 is 2.92 bits per heavy atom. The van der Waals surface area contributed by atoms with E-state index in [-0.39, 0.29) is 0 Å². The molecule has 1 heterocycles. The molecular formula is C9H17N3S. The first-order valence-electron chi connectivity index (χ1n) is 4.63. The van der Waals surface area contributed by atoms with Crippen molar-refractivity contribution in [2.75, 3.05) is 18.5 Å². The summed E-state index contributed by atoms with van der Waals surface area (Å²) in [7, 11) is 2.08. The zero-order valence-electron chi connectivity index (χ0n) is 8.29. The minimum Gasteiger partial charge on any atom is -0.351 e. The molecule has 1 rings (SSSR count). The summed E-state index contributed by atoms with van der Waals surface area (Å²) in [6.07, 6.45) is 4.30. The Hall–Kier alpha value is -0.610. The summed E-state index contributed by atoms with van der Waals surface area (Å²) in [5.74, 6) is 0. The number of rotatable bonds is 5. The lowest BCUT2D eigenvalue weighted by Gasteiger charge is -2.14. The average Bonchev–Trinajstić information content (AvgIpc) is 2.62. The molecule has 2 N–H and O–H groups in total. The molecule has 0 spiro atoms. The van der Waals surface area contributed by atoms with E-state index in [4.69, 9.17) is 5.73 Å². The van der Waals surface area contributed by atoms with Crippen LogP contribution in [0.4, 0.5) is 5.13 Å². The molecule has 0 aromatic carbocycles. The molecule has 0 aliphatic rings. The van der Waals surface area contributed by atoms with Gasteiger partial charge < -0.3 is 10.6 Å². The van der Waals surface area contributed by atoms with E-state index in [1.165, 1.54) is 12.8 Å². The molecular weight excluding hydrogens is 182 g/mol. The van der Waals surface area contributed by atoms with Crippen molar-refractivity contribution >= 4 is 16.5 Å². The minimum absolute atomic E-state index is 0.597. The van der Waals surface area contributed by atoms with Crippen LogP contribution in [0.3, 0.4) is 0 Å². The normalized spacial score (nSPS) is 10.4. The first-order valence-corrected chi connectivity index (χ1v) is 5.45. The van der Waals surface area contributed by atoms with Crippen molar-refractivity contribution in [2.24, 2.45) is 5.73 Å². The van der Waals surface area contributed by atoms with Gasteiger partial charge in [-0.15, -0.1) is 11.3 Å². The summed E-state index contributed by atoms with van der Waals surface area (Å²) in [6, 6.07) is 0.